The Hall–Kier alpha value is -3.66. The van der Waals surface area contributed by atoms with Crippen molar-refractivity contribution in [3.8, 4) is 5.69 Å². The number of nitrogens with two attached hydrogens (primary N) is 1. The van der Waals surface area contributed by atoms with Gasteiger partial charge >= 0.3 is 6.18 Å². The van der Waals surface area contributed by atoms with Crippen molar-refractivity contribution in [1.29, 1.82) is 0 Å². The molecule has 10 heteroatoms. The normalized spacial score (nSPS) is 16.8. The minimum Gasteiger partial charge on any atom is -0.366 e. The highest BCUT2D eigenvalue weighted by Crippen LogP contribution is 2.43. The van der Waals surface area contributed by atoms with E-state index in [1.807, 2.05) is 12.1 Å². The molecule has 0 spiro atoms. The van der Waals surface area contributed by atoms with E-state index in [1.54, 1.807) is 23.1 Å². The number of amides is 2. The van der Waals surface area contributed by atoms with Crippen molar-refractivity contribution in [2.45, 2.75) is 31.5 Å². The molecule has 2 aromatic carbocycles. The smallest absolute Gasteiger partial charge is 0.366 e. The molecular formula is C26H26F3N5O2. The number of alkyl halides is 3. The van der Waals surface area contributed by atoms with Crippen LogP contribution in [-0.4, -0.2) is 57.6 Å². The van der Waals surface area contributed by atoms with Crippen LogP contribution < -0.4 is 5.73 Å². The molecule has 1 aliphatic heterocycles. The van der Waals surface area contributed by atoms with E-state index in [2.05, 4.69) is 10.00 Å². The molecule has 2 N–H and O–H groups in total. The largest absolute Gasteiger partial charge is 0.416 e. The van der Waals surface area contributed by atoms with Gasteiger partial charge in [0.15, 0.2) is 0 Å². The summed E-state index contributed by atoms with van der Waals surface area (Å²) in [6, 6.07) is 12.2. The van der Waals surface area contributed by atoms with E-state index in [0.717, 1.165) is 30.5 Å². The molecule has 0 atom stereocenters. The van der Waals surface area contributed by atoms with E-state index < -0.39 is 17.6 Å². The first kappa shape index (κ1) is 24.1. The average Bonchev–Trinajstić information content (AvgIpc) is 3.61. The van der Waals surface area contributed by atoms with Gasteiger partial charge in [0.25, 0.3) is 5.91 Å². The van der Waals surface area contributed by atoms with Crippen molar-refractivity contribution in [2.24, 2.45) is 5.73 Å². The highest BCUT2D eigenvalue weighted by atomic mass is 19.4. The zero-order chi connectivity index (χ0) is 25.4. The molecule has 2 heterocycles. The van der Waals surface area contributed by atoms with Crippen molar-refractivity contribution in [3.05, 3.63) is 82.7 Å². The SMILES string of the molecule is NC(=O)c1ccc(CN2CCN(C(=O)c3cnn(-c4cccc(C(F)(F)F)c4)c3C3CC3)CC2)cc1. The summed E-state index contributed by atoms with van der Waals surface area (Å²) >= 11 is 0. The summed E-state index contributed by atoms with van der Waals surface area (Å²) in [4.78, 5) is 28.7. The quantitative estimate of drug-likeness (QED) is 0.561. The number of carbonyl (C=O) groups excluding carboxylic acids is 2. The molecule has 1 saturated heterocycles. The van der Waals surface area contributed by atoms with Crippen molar-refractivity contribution in [1.82, 2.24) is 19.6 Å². The molecule has 3 aromatic rings. The fourth-order valence-electron chi connectivity index (χ4n) is 4.60. The molecule has 2 amide bonds. The molecule has 5 rings (SSSR count). The van der Waals surface area contributed by atoms with Crippen molar-refractivity contribution >= 4 is 11.8 Å². The number of benzene rings is 2. The van der Waals surface area contributed by atoms with Gasteiger partial charge < -0.3 is 10.6 Å². The Bertz CT molecular complexity index is 1270. The summed E-state index contributed by atoms with van der Waals surface area (Å²) in [5, 5.41) is 4.34. The third-order valence-corrected chi connectivity index (χ3v) is 6.72. The second-order valence-electron chi connectivity index (χ2n) is 9.31. The lowest BCUT2D eigenvalue weighted by atomic mass is 10.1. The Morgan fingerprint density at radius 1 is 1.00 bits per heavy atom. The molecule has 0 radical (unpaired) electrons. The van der Waals surface area contributed by atoms with E-state index in [0.29, 0.717) is 55.2 Å². The topological polar surface area (TPSA) is 84.5 Å². The molecule has 0 unspecified atom stereocenters. The summed E-state index contributed by atoms with van der Waals surface area (Å²) in [6.07, 6.45) is -1.20. The van der Waals surface area contributed by atoms with Crippen LogP contribution in [0.2, 0.25) is 0 Å². The highest BCUT2D eigenvalue weighted by Gasteiger charge is 2.36. The summed E-state index contributed by atoms with van der Waals surface area (Å²) in [5.74, 6) is -0.484. The third kappa shape index (κ3) is 4.99. The van der Waals surface area contributed by atoms with Gasteiger partial charge in [-0.2, -0.15) is 18.3 Å². The Morgan fingerprint density at radius 2 is 1.69 bits per heavy atom. The molecule has 188 valence electrons. The summed E-state index contributed by atoms with van der Waals surface area (Å²) in [6.45, 7) is 3.14. The monoisotopic (exact) mass is 497 g/mol. The third-order valence-electron chi connectivity index (χ3n) is 6.72. The molecule has 1 aliphatic carbocycles. The molecule has 2 aliphatic rings. The van der Waals surface area contributed by atoms with Gasteiger partial charge in [-0.25, -0.2) is 4.68 Å². The zero-order valence-electron chi connectivity index (χ0n) is 19.5. The Morgan fingerprint density at radius 3 is 2.31 bits per heavy atom. The molecule has 1 saturated carbocycles. The predicted molar refractivity (Wildman–Crippen MR) is 127 cm³/mol. The van der Waals surface area contributed by atoms with E-state index >= 15 is 0 Å². The van der Waals surface area contributed by atoms with Gasteiger partial charge in [0.05, 0.1) is 28.7 Å². The van der Waals surface area contributed by atoms with Gasteiger partial charge in [-0.15, -0.1) is 0 Å². The minimum absolute atomic E-state index is 0.116. The van der Waals surface area contributed by atoms with E-state index in [4.69, 9.17) is 5.73 Å². The number of halogens is 3. The average molecular weight is 498 g/mol. The fraction of sp³-hybridized carbons (Fsp3) is 0.346. The van der Waals surface area contributed by atoms with Crippen LogP contribution in [0.4, 0.5) is 13.2 Å². The van der Waals surface area contributed by atoms with Crippen LogP contribution >= 0.6 is 0 Å². The molecule has 1 aromatic heterocycles. The number of primary amides is 1. The van der Waals surface area contributed by atoms with Crippen LogP contribution in [0, 0.1) is 0 Å². The van der Waals surface area contributed by atoms with Crippen molar-refractivity contribution in [2.75, 3.05) is 26.2 Å². The standard InChI is InChI=1S/C26H26F3N5O2/c27-26(28,29)20-2-1-3-21(14-20)34-23(18-8-9-18)22(15-31-34)25(36)33-12-10-32(11-13-33)16-17-4-6-19(7-5-17)24(30)35/h1-7,14-15,18H,8-13,16H2,(H2,30,35). The Labute approximate surface area is 206 Å². The van der Waals surface area contributed by atoms with Crippen LogP contribution in [0.3, 0.4) is 0 Å². The first-order valence-electron chi connectivity index (χ1n) is 11.9. The first-order chi connectivity index (χ1) is 17.2. The number of hydrogen-bond acceptors (Lipinski definition) is 4. The van der Waals surface area contributed by atoms with E-state index in [9.17, 15) is 22.8 Å². The maximum atomic E-state index is 13.4. The lowest BCUT2D eigenvalue weighted by Crippen LogP contribution is -2.48. The maximum Gasteiger partial charge on any atom is 0.416 e. The number of carbonyl (C=O) groups is 2. The van der Waals surface area contributed by atoms with Crippen LogP contribution in [-0.2, 0) is 12.7 Å². The second-order valence-corrected chi connectivity index (χ2v) is 9.31. The number of hydrogen-bond donors (Lipinski definition) is 1. The van der Waals surface area contributed by atoms with Crippen molar-refractivity contribution < 1.29 is 22.8 Å². The minimum atomic E-state index is -4.45. The number of nitrogens with zero attached hydrogens (tertiary/aromatic N) is 4. The predicted octanol–water partition coefficient (Wildman–Crippen LogP) is 3.83. The number of piperazine rings is 1. The number of rotatable bonds is 6. The summed E-state index contributed by atoms with van der Waals surface area (Å²) in [5.41, 5.74) is 7.52. The molecule has 2 fully saturated rings. The maximum absolute atomic E-state index is 13.4. The molecule has 7 nitrogen and oxygen atoms in total. The van der Waals surface area contributed by atoms with Gasteiger partial charge in [0.2, 0.25) is 5.91 Å². The van der Waals surface area contributed by atoms with E-state index in [1.165, 1.54) is 16.9 Å². The fourth-order valence-corrected chi connectivity index (χ4v) is 4.60. The Balaban J connectivity index is 1.28. The van der Waals surface area contributed by atoms with Gasteiger partial charge in [-0.3, -0.25) is 14.5 Å². The molecule has 0 bridgehead atoms. The summed E-state index contributed by atoms with van der Waals surface area (Å²) in [7, 11) is 0. The number of aromatic nitrogens is 2. The zero-order valence-corrected chi connectivity index (χ0v) is 19.5. The lowest BCUT2D eigenvalue weighted by Gasteiger charge is -2.34. The van der Waals surface area contributed by atoms with Gasteiger partial charge in [-0.1, -0.05) is 18.2 Å². The summed E-state index contributed by atoms with van der Waals surface area (Å²) < 4.78 is 41.2. The lowest BCUT2D eigenvalue weighted by molar-refractivity contribution is -0.137. The second kappa shape index (κ2) is 9.42. The van der Waals surface area contributed by atoms with Crippen LogP contribution in [0.25, 0.3) is 5.69 Å². The first-order valence-corrected chi connectivity index (χ1v) is 11.9. The molecular weight excluding hydrogens is 471 g/mol. The van der Waals surface area contributed by atoms with Gasteiger partial charge in [0.1, 0.15) is 0 Å². The molecule has 36 heavy (non-hydrogen) atoms. The van der Waals surface area contributed by atoms with Gasteiger partial charge in [-0.05, 0) is 48.7 Å². The Kier molecular flexibility index (Phi) is 6.29. The van der Waals surface area contributed by atoms with Crippen molar-refractivity contribution in [3.63, 3.8) is 0 Å². The van der Waals surface area contributed by atoms with Crippen LogP contribution in [0.1, 0.15) is 56.3 Å². The van der Waals surface area contributed by atoms with E-state index in [-0.39, 0.29) is 11.8 Å². The highest BCUT2D eigenvalue weighted by molar-refractivity contribution is 5.95. The van der Waals surface area contributed by atoms with Crippen LogP contribution in [0.5, 0.6) is 0 Å². The van der Waals surface area contributed by atoms with Gasteiger partial charge in [0, 0.05) is 44.2 Å². The van der Waals surface area contributed by atoms with Crippen LogP contribution in [0.15, 0.2) is 54.7 Å².